The van der Waals surface area contributed by atoms with Crippen molar-refractivity contribution in [2.24, 2.45) is 0 Å². The second-order valence-electron chi connectivity index (χ2n) is 8.22. The molecule has 1 aliphatic rings. The molecule has 3 aromatic rings. The van der Waals surface area contributed by atoms with Crippen molar-refractivity contribution < 1.29 is 17.9 Å². The molecule has 0 spiro atoms. The summed E-state index contributed by atoms with van der Waals surface area (Å²) >= 11 is 5.69. The van der Waals surface area contributed by atoms with Crippen LogP contribution in [-0.4, -0.2) is 61.2 Å². The van der Waals surface area contributed by atoms with E-state index in [2.05, 4.69) is 27.1 Å². The van der Waals surface area contributed by atoms with E-state index in [0.717, 1.165) is 61.9 Å². The molecule has 1 fully saturated rings. The summed E-state index contributed by atoms with van der Waals surface area (Å²) < 4.78 is 45.2. The molecular formula is C24H26ClF3N4O. The van der Waals surface area contributed by atoms with Crippen LogP contribution in [-0.2, 0) is 6.18 Å². The number of anilines is 2. The number of aromatic nitrogens is 1. The largest absolute Gasteiger partial charge is 0.494 e. The maximum atomic E-state index is 13.1. The zero-order valence-electron chi connectivity index (χ0n) is 18.3. The van der Waals surface area contributed by atoms with Crippen LogP contribution in [0.2, 0.25) is 5.02 Å². The molecule has 0 atom stereocenters. The van der Waals surface area contributed by atoms with Crippen molar-refractivity contribution >= 4 is 34.0 Å². The van der Waals surface area contributed by atoms with Crippen molar-refractivity contribution in [1.82, 2.24) is 14.8 Å². The number of rotatable bonds is 7. The molecule has 176 valence electrons. The SMILES string of the molecule is CN1CCN(CCCOc2ccc3nc(Nc4ccc(Cl)c(C(F)(F)F)c4)ccc3c2)CC1. The van der Waals surface area contributed by atoms with Crippen LogP contribution in [0, 0.1) is 0 Å². The number of pyridine rings is 1. The first-order valence-corrected chi connectivity index (χ1v) is 11.2. The Morgan fingerprint density at radius 3 is 2.58 bits per heavy atom. The van der Waals surface area contributed by atoms with Gasteiger partial charge in [0.2, 0.25) is 0 Å². The highest BCUT2D eigenvalue weighted by Crippen LogP contribution is 2.36. The molecule has 1 saturated heterocycles. The lowest BCUT2D eigenvalue weighted by Crippen LogP contribution is -2.44. The highest BCUT2D eigenvalue weighted by molar-refractivity contribution is 6.31. The summed E-state index contributed by atoms with van der Waals surface area (Å²) in [4.78, 5) is 9.30. The number of piperazine rings is 1. The Bertz CT molecular complexity index is 1100. The summed E-state index contributed by atoms with van der Waals surface area (Å²) in [5.74, 6) is 1.22. The molecule has 9 heteroatoms. The highest BCUT2D eigenvalue weighted by Gasteiger charge is 2.33. The van der Waals surface area contributed by atoms with Gasteiger partial charge in [0, 0.05) is 43.8 Å². The lowest BCUT2D eigenvalue weighted by atomic mass is 10.2. The van der Waals surface area contributed by atoms with E-state index in [1.54, 1.807) is 6.07 Å². The number of fused-ring (bicyclic) bond motifs is 1. The molecule has 1 aromatic heterocycles. The standard InChI is InChI=1S/C24H26ClF3N4O/c1-31-10-12-32(13-11-31)9-2-14-33-19-5-7-22-17(15-19)3-8-23(30-22)29-18-4-6-21(25)20(16-18)24(26,27)28/h3-8,15-16H,2,9-14H2,1H3,(H,29,30). The van der Waals surface area contributed by atoms with Crippen LogP contribution in [0.15, 0.2) is 48.5 Å². The smallest absolute Gasteiger partial charge is 0.417 e. The number of alkyl halides is 3. The Morgan fingerprint density at radius 2 is 1.82 bits per heavy atom. The third-order valence-electron chi connectivity index (χ3n) is 5.69. The van der Waals surface area contributed by atoms with Gasteiger partial charge in [-0.3, -0.25) is 0 Å². The summed E-state index contributed by atoms with van der Waals surface area (Å²) in [7, 11) is 2.15. The minimum Gasteiger partial charge on any atom is -0.494 e. The van der Waals surface area contributed by atoms with Crippen LogP contribution >= 0.6 is 11.6 Å². The second-order valence-corrected chi connectivity index (χ2v) is 8.62. The lowest BCUT2D eigenvalue weighted by Gasteiger charge is -2.32. The van der Waals surface area contributed by atoms with Gasteiger partial charge >= 0.3 is 6.18 Å². The van der Waals surface area contributed by atoms with E-state index >= 15 is 0 Å². The van der Waals surface area contributed by atoms with Crippen LogP contribution in [0.3, 0.4) is 0 Å². The molecule has 4 rings (SSSR count). The van der Waals surface area contributed by atoms with Gasteiger partial charge in [0.1, 0.15) is 11.6 Å². The highest BCUT2D eigenvalue weighted by atomic mass is 35.5. The van der Waals surface area contributed by atoms with Crippen molar-refractivity contribution in [1.29, 1.82) is 0 Å². The van der Waals surface area contributed by atoms with Crippen molar-refractivity contribution in [2.75, 3.05) is 51.7 Å². The van der Waals surface area contributed by atoms with Crippen molar-refractivity contribution in [3.63, 3.8) is 0 Å². The lowest BCUT2D eigenvalue weighted by molar-refractivity contribution is -0.137. The van der Waals surface area contributed by atoms with Gasteiger partial charge in [-0.2, -0.15) is 13.2 Å². The van der Waals surface area contributed by atoms with Crippen molar-refractivity contribution in [2.45, 2.75) is 12.6 Å². The Morgan fingerprint density at radius 1 is 1.03 bits per heavy atom. The fourth-order valence-corrected chi connectivity index (χ4v) is 4.01. The van der Waals surface area contributed by atoms with Gasteiger partial charge in [-0.1, -0.05) is 11.6 Å². The maximum absolute atomic E-state index is 13.1. The third-order valence-corrected chi connectivity index (χ3v) is 6.02. The summed E-state index contributed by atoms with van der Waals surface area (Å²) in [5.41, 5.74) is 0.0954. The monoisotopic (exact) mass is 478 g/mol. The van der Waals surface area contributed by atoms with E-state index in [-0.39, 0.29) is 10.7 Å². The van der Waals surface area contributed by atoms with Crippen molar-refractivity contribution in [3.05, 3.63) is 59.1 Å². The Hall–Kier alpha value is -2.55. The average Bonchev–Trinajstić information content (AvgIpc) is 2.78. The number of hydrogen-bond acceptors (Lipinski definition) is 5. The second kappa shape index (κ2) is 10.2. The summed E-state index contributed by atoms with van der Waals surface area (Å²) in [5, 5.41) is 3.47. The first-order valence-electron chi connectivity index (χ1n) is 10.9. The molecule has 1 aliphatic heterocycles. The Labute approximate surface area is 196 Å². The number of nitrogens with zero attached hydrogens (tertiary/aromatic N) is 3. The van der Waals surface area contributed by atoms with Gasteiger partial charge in [-0.15, -0.1) is 0 Å². The molecule has 0 amide bonds. The van der Waals surface area contributed by atoms with Crippen LogP contribution in [0.25, 0.3) is 10.9 Å². The van der Waals surface area contributed by atoms with E-state index < -0.39 is 11.7 Å². The zero-order chi connectivity index (χ0) is 23.4. The number of halogens is 4. The van der Waals surface area contributed by atoms with E-state index in [0.29, 0.717) is 12.4 Å². The summed E-state index contributed by atoms with van der Waals surface area (Å²) in [6, 6.07) is 12.9. The van der Waals surface area contributed by atoms with Gasteiger partial charge in [0.05, 0.1) is 22.7 Å². The Balaban J connectivity index is 1.35. The molecule has 5 nitrogen and oxygen atoms in total. The molecule has 2 aromatic carbocycles. The Kier molecular flexibility index (Phi) is 7.26. The molecule has 1 N–H and O–H groups in total. The van der Waals surface area contributed by atoms with E-state index in [1.807, 2.05) is 24.3 Å². The fraction of sp³-hybridized carbons (Fsp3) is 0.375. The minimum absolute atomic E-state index is 0.263. The first-order chi connectivity index (χ1) is 15.8. The quantitative estimate of drug-likeness (QED) is 0.443. The van der Waals surface area contributed by atoms with Crippen LogP contribution in [0.5, 0.6) is 5.75 Å². The van der Waals surface area contributed by atoms with E-state index in [1.165, 1.54) is 12.1 Å². The summed E-state index contributed by atoms with van der Waals surface area (Å²) in [6.07, 6.45) is -3.56. The molecule has 0 radical (unpaired) electrons. The number of likely N-dealkylation sites (N-methyl/N-ethyl adjacent to an activating group) is 1. The number of hydrogen-bond donors (Lipinski definition) is 1. The van der Waals surface area contributed by atoms with Crippen LogP contribution in [0.4, 0.5) is 24.7 Å². The van der Waals surface area contributed by atoms with E-state index in [4.69, 9.17) is 16.3 Å². The molecular weight excluding hydrogens is 453 g/mol. The van der Waals surface area contributed by atoms with Gasteiger partial charge in [-0.25, -0.2) is 4.98 Å². The van der Waals surface area contributed by atoms with E-state index in [9.17, 15) is 13.2 Å². The normalized spacial score (nSPS) is 15.7. The maximum Gasteiger partial charge on any atom is 0.417 e. The summed E-state index contributed by atoms with van der Waals surface area (Å²) in [6.45, 7) is 6.08. The molecule has 0 aliphatic carbocycles. The predicted molar refractivity (Wildman–Crippen MR) is 126 cm³/mol. The molecule has 0 saturated carbocycles. The molecule has 0 bridgehead atoms. The first kappa shape index (κ1) is 23.6. The number of benzene rings is 2. The zero-order valence-corrected chi connectivity index (χ0v) is 19.1. The average molecular weight is 479 g/mol. The third kappa shape index (κ3) is 6.28. The fourth-order valence-electron chi connectivity index (χ4n) is 3.78. The van der Waals surface area contributed by atoms with Gasteiger partial charge < -0.3 is 19.9 Å². The molecule has 0 unspecified atom stereocenters. The number of ether oxygens (including phenoxy) is 1. The topological polar surface area (TPSA) is 40.6 Å². The minimum atomic E-state index is -4.52. The number of nitrogens with one attached hydrogen (secondary N) is 1. The molecule has 33 heavy (non-hydrogen) atoms. The van der Waals surface area contributed by atoms with Crippen LogP contribution < -0.4 is 10.1 Å². The van der Waals surface area contributed by atoms with Gasteiger partial charge in [0.15, 0.2) is 0 Å². The van der Waals surface area contributed by atoms with Gasteiger partial charge in [-0.05, 0) is 62.0 Å². The van der Waals surface area contributed by atoms with Crippen molar-refractivity contribution in [3.8, 4) is 5.75 Å². The molecule has 2 heterocycles. The van der Waals surface area contributed by atoms with Gasteiger partial charge in [0.25, 0.3) is 0 Å². The van der Waals surface area contributed by atoms with Crippen LogP contribution in [0.1, 0.15) is 12.0 Å². The predicted octanol–water partition coefficient (Wildman–Crippen LogP) is 5.67.